The van der Waals surface area contributed by atoms with E-state index in [1.54, 1.807) is 19.2 Å². The Balaban J connectivity index is 1.53. The summed E-state index contributed by atoms with van der Waals surface area (Å²) in [5, 5.41) is 4.08. The van der Waals surface area contributed by atoms with Gasteiger partial charge in [0.05, 0.1) is 18.7 Å². The van der Waals surface area contributed by atoms with E-state index in [0.29, 0.717) is 24.6 Å². The van der Waals surface area contributed by atoms with E-state index >= 15 is 0 Å². The summed E-state index contributed by atoms with van der Waals surface area (Å²) in [6.45, 7) is 12.5. The molecular weight excluding hydrogens is 346 g/mol. The van der Waals surface area contributed by atoms with Crippen molar-refractivity contribution in [2.24, 2.45) is 0 Å². The van der Waals surface area contributed by atoms with Crippen LogP contribution in [0.4, 0.5) is 5.82 Å². The Labute approximate surface area is 159 Å². The van der Waals surface area contributed by atoms with Crippen molar-refractivity contribution in [3.63, 3.8) is 0 Å². The van der Waals surface area contributed by atoms with Crippen LogP contribution >= 0.6 is 0 Å². The quantitative estimate of drug-likeness (QED) is 0.738. The van der Waals surface area contributed by atoms with Gasteiger partial charge in [0.1, 0.15) is 5.82 Å². The van der Waals surface area contributed by atoms with Gasteiger partial charge in [-0.1, -0.05) is 25.9 Å². The molecule has 27 heavy (non-hydrogen) atoms. The first-order valence-electron chi connectivity index (χ1n) is 9.30. The Morgan fingerprint density at radius 1 is 1.22 bits per heavy atom. The second-order valence-corrected chi connectivity index (χ2v) is 7.65. The number of nitrogens with zero attached hydrogens (tertiary/aromatic N) is 5. The zero-order chi connectivity index (χ0) is 19.4. The van der Waals surface area contributed by atoms with Gasteiger partial charge in [0, 0.05) is 37.8 Å². The predicted octanol–water partition coefficient (Wildman–Crippen LogP) is 2.26. The SMILES string of the molecule is CCOC(=O)c1ccc(N2CCN(Cc3nc(C(C)(C)C)no3)CC2)nc1. The van der Waals surface area contributed by atoms with Crippen molar-refractivity contribution < 1.29 is 14.1 Å². The van der Waals surface area contributed by atoms with E-state index in [-0.39, 0.29) is 11.4 Å². The van der Waals surface area contributed by atoms with Gasteiger partial charge >= 0.3 is 5.97 Å². The highest BCUT2D eigenvalue weighted by molar-refractivity contribution is 5.89. The first-order chi connectivity index (χ1) is 12.9. The van der Waals surface area contributed by atoms with Gasteiger partial charge in [0.25, 0.3) is 0 Å². The number of piperazine rings is 1. The molecule has 0 radical (unpaired) electrons. The van der Waals surface area contributed by atoms with Crippen LogP contribution in [0.3, 0.4) is 0 Å². The zero-order valence-corrected chi connectivity index (χ0v) is 16.4. The highest BCUT2D eigenvalue weighted by atomic mass is 16.5. The molecule has 2 aromatic rings. The Morgan fingerprint density at radius 3 is 2.52 bits per heavy atom. The Kier molecular flexibility index (Phi) is 5.74. The van der Waals surface area contributed by atoms with Crippen molar-refractivity contribution >= 4 is 11.8 Å². The normalized spacial score (nSPS) is 15.8. The molecule has 8 heteroatoms. The van der Waals surface area contributed by atoms with Gasteiger partial charge in [-0.25, -0.2) is 9.78 Å². The van der Waals surface area contributed by atoms with E-state index in [4.69, 9.17) is 9.26 Å². The lowest BCUT2D eigenvalue weighted by Gasteiger charge is -2.34. The van der Waals surface area contributed by atoms with E-state index < -0.39 is 0 Å². The molecule has 1 aliphatic heterocycles. The van der Waals surface area contributed by atoms with Crippen molar-refractivity contribution in [2.75, 3.05) is 37.7 Å². The van der Waals surface area contributed by atoms with Crippen molar-refractivity contribution in [3.8, 4) is 0 Å². The van der Waals surface area contributed by atoms with E-state index in [9.17, 15) is 4.79 Å². The van der Waals surface area contributed by atoms with E-state index in [1.807, 2.05) is 6.07 Å². The molecule has 0 aromatic carbocycles. The second kappa shape index (κ2) is 8.04. The fraction of sp³-hybridized carbons (Fsp3) is 0.579. The zero-order valence-electron chi connectivity index (χ0n) is 16.4. The fourth-order valence-corrected chi connectivity index (χ4v) is 2.86. The molecule has 2 aromatic heterocycles. The number of aromatic nitrogens is 3. The Bertz CT molecular complexity index is 758. The highest BCUT2D eigenvalue weighted by Gasteiger charge is 2.24. The van der Waals surface area contributed by atoms with Gasteiger partial charge < -0.3 is 14.2 Å². The first kappa shape index (κ1) is 19.3. The minimum atomic E-state index is -0.337. The van der Waals surface area contributed by atoms with Crippen molar-refractivity contribution in [1.82, 2.24) is 20.0 Å². The molecule has 0 aliphatic carbocycles. The highest BCUT2D eigenvalue weighted by Crippen LogP contribution is 2.20. The van der Waals surface area contributed by atoms with Gasteiger partial charge in [0.15, 0.2) is 5.82 Å². The smallest absolute Gasteiger partial charge is 0.339 e. The number of hydrogen-bond donors (Lipinski definition) is 0. The monoisotopic (exact) mass is 373 g/mol. The molecule has 1 aliphatic rings. The minimum absolute atomic E-state index is 0.109. The van der Waals surface area contributed by atoms with Crippen LogP contribution in [-0.2, 0) is 16.7 Å². The fourth-order valence-electron chi connectivity index (χ4n) is 2.86. The van der Waals surface area contributed by atoms with Gasteiger partial charge in [0.2, 0.25) is 5.89 Å². The van der Waals surface area contributed by atoms with Gasteiger partial charge in [-0.3, -0.25) is 4.90 Å². The molecule has 1 fully saturated rings. The van der Waals surface area contributed by atoms with Crippen molar-refractivity contribution in [3.05, 3.63) is 35.6 Å². The number of carbonyl (C=O) groups is 1. The number of anilines is 1. The first-order valence-corrected chi connectivity index (χ1v) is 9.30. The van der Waals surface area contributed by atoms with Crippen LogP contribution in [-0.4, -0.2) is 58.8 Å². The molecule has 0 amide bonds. The molecule has 0 unspecified atom stereocenters. The standard InChI is InChI=1S/C19H27N5O3/c1-5-26-17(25)14-6-7-15(20-12-14)24-10-8-23(9-11-24)13-16-21-18(22-27-16)19(2,3)4/h6-7,12H,5,8-11,13H2,1-4H3. The molecule has 0 saturated carbocycles. The summed E-state index contributed by atoms with van der Waals surface area (Å²) < 4.78 is 10.4. The third kappa shape index (κ3) is 4.82. The molecule has 0 atom stereocenters. The number of pyridine rings is 1. The lowest BCUT2D eigenvalue weighted by atomic mass is 9.96. The van der Waals surface area contributed by atoms with Crippen LogP contribution in [0.1, 0.15) is 49.8 Å². The van der Waals surface area contributed by atoms with Crippen LogP contribution in [0, 0.1) is 0 Å². The maximum Gasteiger partial charge on any atom is 0.339 e. The third-order valence-corrected chi connectivity index (χ3v) is 4.45. The summed E-state index contributed by atoms with van der Waals surface area (Å²) >= 11 is 0. The summed E-state index contributed by atoms with van der Waals surface area (Å²) in [4.78, 5) is 25.1. The number of ether oxygens (including phenoxy) is 1. The number of carbonyl (C=O) groups excluding carboxylic acids is 1. The van der Waals surface area contributed by atoms with Crippen LogP contribution in [0.25, 0.3) is 0 Å². The van der Waals surface area contributed by atoms with Crippen LogP contribution < -0.4 is 4.90 Å². The minimum Gasteiger partial charge on any atom is -0.462 e. The van der Waals surface area contributed by atoms with Gasteiger partial charge in [-0.2, -0.15) is 4.98 Å². The van der Waals surface area contributed by atoms with E-state index in [0.717, 1.165) is 37.8 Å². The molecule has 146 valence electrons. The third-order valence-electron chi connectivity index (χ3n) is 4.45. The summed E-state index contributed by atoms with van der Waals surface area (Å²) in [5.74, 6) is 1.93. The molecule has 1 saturated heterocycles. The molecule has 3 rings (SSSR count). The lowest BCUT2D eigenvalue weighted by Crippen LogP contribution is -2.46. The van der Waals surface area contributed by atoms with Crippen LogP contribution in [0.2, 0.25) is 0 Å². The molecule has 3 heterocycles. The summed E-state index contributed by atoms with van der Waals surface area (Å²) in [7, 11) is 0. The van der Waals surface area contributed by atoms with Gasteiger partial charge in [-0.15, -0.1) is 0 Å². The molecular formula is C19H27N5O3. The van der Waals surface area contributed by atoms with Gasteiger partial charge in [-0.05, 0) is 19.1 Å². The number of hydrogen-bond acceptors (Lipinski definition) is 8. The Hall–Kier alpha value is -2.48. The van der Waals surface area contributed by atoms with E-state index in [2.05, 4.69) is 45.7 Å². The number of esters is 1. The molecule has 0 spiro atoms. The van der Waals surface area contributed by atoms with Crippen molar-refractivity contribution in [1.29, 1.82) is 0 Å². The van der Waals surface area contributed by atoms with Crippen LogP contribution in [0.15, 0.2) is 22.9 Å². The summed E-state index contributed by atoms with van der Waals surface area (Å²) in [5.41, 5.74) is 0.368. The largest absolute Gasteiger partial charge is 0.462 e. The Morgan fingerprint density at radius 2 is 1.96 bits per heavy atom. The lowest BCUT2D eigenvalue weighted by molar-refractivity contribution is 0.0526. The molecule has 0 N–H and O–H groups in total. The van der Waals surface area contributed by atoms with E-state index in [1.165, 1.54) is 0 Å². The number of rotatable bonds is 5. The average Bonchev–Trinajstić information content (AvgIpc) is 3.12. The molecule has 0 bridgehead atoms. The predicted molar refractivity (Wildman–Crippen MR) is 101 cm³/mol. The maximum atomic E-state index is 11.7. The van der Waals surface area contributed by atoms with Crippen LogP contribution in [0.5, 0.6) is 0 Å². The topological polar surface area (TPSA) is 84.6 Å². The van der Waals surface area contributed by atoms with Crippen molar-refractivity contribution in [2.45, 2.75) is 39.7 Å². The molecule has 8 nitrogen and oxygen atoms in total. The average molecular weight is 373 g/mol. The maximum absolute atomic E-state index is 11.7. The summed E-state index contributed by atoms with van der Waals surface area (Å²) in [6, 6.07) is 3.63. The summed E-state index contributed by atoms with van der Waals surface area (Å²) in [6.07, 6.45) is 1.58. The second-order valence-electron chi connectivity index (χ2n) is 7.65.